The molecule has 0 atom stereocenters. The van der Waals surface area contributed by atoms with Gasteiger partial charge in [-0.05, 0) is 36.1 Å². The summed E-state index contributed by atoms with van der Waals surface area (Å²) in [5.41, 5.74) is 6.86. The van der Waals surface area contributed by atoms with Crippen molar-refractivity contribution in [3.8, 4) is 11.5 Å². The van der Waals surface area contributed by atoms with Crippen molar-refractivity contribution < 1.29 is 14.3 Å². The lowest BCUT2D eigenvalue weighted by Crippen LogP contribution is -2.41. The lowest BCUT2D eigenvalue weighted by molar-refractivity contribution is -0.118. The molecule has 2 aromatic carbocycles. The average Bonchev–Trinajstić information content (AvgIpc) is 2.87. The summed E-state index contributed by atoms with van der Waals surface area (Å²) in [6.07, 6.45) is 2.14. The van der Waals surface area contributed by atoms with Crippen molar-refractivity contribution in [2.24, 2.45) is 0 Å². The van der Waals surface area contributed by atoms with Gasteiger partial charge in [0.1, 0.15) is 19.0 Å². The van der Waals surface area contributed by atoms with Gasteiger partial charge in [0, 0.05) is 13.0 Å². The van der Waals surface area contributed by atoms with E-state index in [1.807, 2.05) is 55.5 Å². The Labute approximate surface area is 203 Å². The summed E-state index contributed by atoms with van der Waals surface area (Å²) in [6, 6.07) is 14.9. The number of nitrogens with zero attached hydrogens (tertiary/aromatic N) is 2. The van der Waals surface area contributed by atoms with E-state index in [1.54, 1.807) is 0 Å². The van der Waals surface area contributed by atoms with Gasteiger partial charge in [0.25, 0.3) is 5.56 Å². The van der Waals surface area contributed by atoms with Crippen LogP contribution in [0.15, 0.2) is 58.1 Å². The minimum Gasteiger partial charge on any atom is -0.486 e. The molecule has 0 saturated heterocycles. The minimum atomic E-state index is -0.666. The fraction of sp³-hybridized carbons (Fsp3) is 0.346. The molecule has 35 heavy (non-hydrogen) atoms. The molecule has 1 amide bonds. The number of carbonyl (C=O) groups is 1. The Balaban J connectivity index is 1.60. The number of fused-ring (bicyclic) bond motifs is 1. The maximum atomic E-state index is 13.3. The Morgan fingerprint density at radius 3 is 2.54 bits per heavy atom. The zero-order valence-electron chi connectivity index (χ0n) is 19.8. The summed E-state index contributed by atoms with van der Waals surface area (Å²) in [4.78, 5) is 42.5. The van der Waals surface area contributed by atoms with Gasteiger partial charge in [-0.15, -0.1) is 0 Å². The molecule has 0 fully saturated rings. The summed E-state index contributed by atoms with van der Waals surface area (Å²) in [5, 5.41) is 0. The van der Waals surface area contributed by atoms with Crippen molar-refractivity contribution in [2.75, 3.05) is 30.4 Å². The highest BCUT2D eigenvalue weighted by Crippen LogP contribution is 2.31. The van der Waals surface area contributed by atoms with Crippen molar-refractivity contribution in [2.45, 2.75) is 39.2 Å². The van der Waals surface area contributed by atoms with Gasteiger partial charge in [-0.25, -0.2) is 4.79 Å². The third-order valence-electron chi connectivity index (χ3n) is 5.94. The van der Waals surface area contributed by atoms with E-state index in [0.717, 1.165) is 17.5 Å². The van der Waals surface area contributed by atoms with Gasteiger partial charge in [0.15, 0.2) is 17.2 Å². The molecule has 0 bridgehead atoms. The zero-order valence-corrected chi connectivity index (χ0v) is 19.8. The first-order valence-electron chi connectivity index (χ1n) is 11.8. The molecule has 0 spiro atoms. The van der Waals surface area contributed by atoms with Crippen LogP contribution >= 0.6 is 0 Å². The number of nitrogen functional groups attached to an aromatic ring is 1. The summed E-state index contributed by atoms with van der Waals surface area (Å²) in [7, 11) is 0. The topological polar surface area (TPSA) is 120 Å². The highest BCUT2D eigenvalue weighted by molar-refractivity contribution is 5.95. The number of ether oxygens (including phenoxy) is 2. The van der Waals surface area contributed by atoms with Gasteiger partial charge in [0.2, 0.25) is 5.91 Å². The number of carbonyl (C=O) groups excluding carboxylic acids is 1. The Kier molecular flexibility index (Phi) is 7.54. The molecule has 0 unspecified atom stereocenters. The predicted octanol–water partition coefficient (Wildman–Crippen LogP) is 2.70. The number of amides is 1. The van der Waals surface area contributed by atoms with Crippen LogP contribution in [0.5, 0.6) is 11.5 Å². The highest BCUT2D eigenvalue weighted by atomic mass is 16.6. The Hall–Kier alpha value is -4.01. The summed E-state index contributed by atoms with van der Waals surface area (Å²) >= 11 is 0. The van der Waals surface area contributed by atoms with Crippen LogP contribution in [-0.2, 0) is 17.8 Å². The fourth-order valence-corrected chi connectivity index (χ4v) is 4.07. The molecule has 2 heterocycles. The molecule has 184 valence electrons. The van der Waals surface area contributed by atoms with E-state index in [0.29, 0.717) is 44.1 Å². The van der Waals surface area contributed by atoms with Crippen LogP contribution in [0.25, 0.3) is 0 Å². The molecule has 0 aliphatic carbocycles. The predicted molar refractivity (Wildman–Crippen MR) is 134 cm³/mol. The molecule has 3 N–H and O–H groups in total. The quantitative estimate of drug-likeness (QED) is 0.488. The Bertz CT molecular complexity index is 1300. The van der Waals surface area contributed by atoms with Gasteiger partial charge < -0.3 is 20.1 Å². The van der Waals surface area contributed by atoms with E-state index in [1.165, 1.54) is 9.47 Å². The number of benzene rings is 2. The van der Waals surface area contributed by atoms with E-state index in [9.17, 15) is 14.4 Å². The number of nitrogens with two attached hydrogens (primary N) is 1. The second-order valence-electron chi connectivity index (χ2n) is 8.44. The molecule has 1 aliphatic heterocycles. The van der Waals surface area contributed by atoms with Crippen molar-refractivity contribution >= 4 is 17.4 Å². The van der Waals surface area contributed by atoms with E-state index in [2.05, 4.69) is 4.98 Å². The number of H-pyrrole nitrogens is 1. The molecule has 1 aromatic heterocycles. The smallest absolute Gasteiger partial charge is 0.330 e. The number of rotatable bonds is 9. The number of hydrogen-bond donors (Lipinski definition) is 2. The highest BCUT2D eigenvalue weighted by Gasteiger charge is 2.24. The normalized spacial score (nSPS) is 12.4. The SMILES string of the molecule is CCCCN(C(=O)CCc1ccc2c(c1)OCCO2)c1c(N)n(Cc2ccccc2)c(=O)[nH]c1=O. The largest absolute Gasteiger partial charge is 0.486 e. The number of nitrogens with one attached hydrogen (secondary N) is 1. The first kappa shape index (κ1) is 24.1. The summed E-state index contributed by atoms with van der Waals surface area (Å²) in [6.45, 7) is 3.51. The van der Waals surface area contributed by atoms with Crippen molar-refractivity contribution in [1.29, 1.82) is 0 Å². The molecule has 1 aliphatic rings. The molecule has 0 radical (unpaired) electrons. The van der Waals surface area contributed by atoms with Crippen LogP contribution in [0.4, 0.5) is 11.5 Å². The van der Waals surface area contributed by atoms with Crippen LogP contribution in [-0.4, -0.2) is 35.2 Å². The van der Waals surface area contributed by atoms with Gasteiger partial charge in [0.05, 0.1) is 6.54 Å². The Morgan fingerprint density at radius 1 is 1.06 bits per heavy atom. The van der Waals surface area contributed by atoms with E-state index in [4.69, 9.17) is 15.2 Å². The number of aryl methyl sites for hydroxylation is 1. The lowest BCUT2D eigenvalue weighted by Gasteiger charge is -2.25. The number of unbranched alkanes of at least 4 members (excludes halogenated alkanes) is 1. The molecule has 4 rings (SSSR count). The number of anilines is 2. The van der Waals surface area contributed by atoms with Crippen LogP contribution in [0.2, 0.25) is 0 Å². The summed E-state index contributed by atoms with van der Waals surface area (Å²) < 4.78 is 12.5. The van der Waals surface area contributed by atoms with E-state index in [-0.39, 0.29) is 30.4 Å². The number of aromatic amines is 1. The third kappa shape index (κ3) is 5.56. The van der Waals surface area contributed by atoms with Gasteiger partial charge in [-0.1, -0.05) is 49.7 Å². The second-order valence-corrected chi connectivity index (χ2v) is 8.44. The van der Waals surface area contributed by atoms with Crippen LogP contribution < -0.4 is 31.4 Å². The van der Waals surface area contributed by atoms with E-state index < -0.39 is 11.2 Å². The monoisotopic (exact) mass is 478 g/mol. The lowest BCUT2D eigenvalue weighted by atomic mass is 10.1. The van der Waals surface area contributed by atoms with Crippen LogP contribution in [0, 0.1) is 0 Å². The fourth-order valence-electron chi connectivity index (χ4n) is 4.07. The molecule has 9 heteroatoms. The second kappa shape index (κ2) is 10.9. The average molecular weight is 479 g/mol. The van der Waals surface area contributed by atoms with Gasteiger partial charge in [-0.3, -0.25) is 19.1 Å². The zero-order chi connectivity index (χ0) is 24.8. The molecular weight excluding hydrogens is 448 g/mol. The first-order valence-corrected chi connectivity index (χ1v) is 11.8. The maximum absolute atomic E-state index is 13.3. The number of aromatic nitrogens is 2. The van der Waals surface area contributed by atoms with Crippen molar-refractivity contribution in [3.05, 3.63) is 80.5 Å². The van der Waals surface area contributed by atoms with Crippen molar-refractivity contribution in [3.63, 3.8) is 0 Å². The molecule has 0 saturated carbocycles. The first-order chi connectivity index (χ1) is 17.0. The number of hydrogen-bond acceptors (Lipinski definition) is 6. The van der Waals surface area contributed by atoms with Crippen LogP contribution in [0.1, 0.15) is 37.3 Å². The van der Waals surface area contributed by atoms with Crippen LogP contribution in [0.3, 0.4) is 0 Å². The maximum Gasteiger partial charge on any atom is 0.330 e. The van der Waals surface area contributed by atoms with Gasteiger partial charge in [-0.2, -0.15) is 0 Å². The Morgan fingerprint density at radius 2 is 1.80 bits per heavy atom. The molecule has 9 nitrogen and oxygen atoms in total. The van der Waals surface area contributed by atoms with Crippen molar-refractivity contribution in [1.82, 2.24) is 9.55 Å². The summed E-state index contributed by atoms with van der Waals surface area (Å²) in [5.74, 6) is 1.09. The minimum absolute atomic E-state index is 0.0150. The third-order valence-corrected chi connectivity index (χ3v) is 5.94. The standard InChI is InChI=1S/C26H30N4O5/c1-2-3-13-29(22(31)12-10-18-9-11-20-21(16-18)35-15-14-34-20)23-24(27)30(26(33)28-25(23)32)17-19-7-5-4-6-8-19/h4-9,11,16H,2-3,10,12-15,17,27H2,1H3,(H,28,32,33). The van der Waals surface area contributed by atoms with Gasteiger partial charge >= 0.3 is 5.69 Å². The van der Waals surface area contributed by atoms with E-state index >= 15 is 0 Å². The molecule has 3 aromatic rings. The molecular formula is C26H30N4O5.